The Balaban J connectivity index is 1.43. The molecule has 4 aliphatic rings. The molecule has 2 atom stereocenters. The molecule has 3 heterocycles. The smallest absolute Gasteiger partial charge is 0.321 e. The minimum absolute atomic E-state index is 0.179. The topological polar surface area (TPSA) is 120 Å². The molecule has 0 spiro atoms. The molecule has 10 heteroatoms. The molecule has 4 N–H and O–H groups in total. The number of carbonyl (C=O) groups excluding carboxylic acids is 3. The molecule has 0 radical (unpaired) electrons. The quantitative estimate of drug-likeness (QED) is 0.301. The zero-order valence-electron chi connectivity index (χ0n) is 23.1. The van der Waals surface area contributed by atoms with E-state index in [1.807, 2.05) is 0 Å². The van der Waals surface area contributed by atoms with Crippen LogP contribution in [0.4, 0.5) is 26.2 Å². The molecule has 2 saturated heterocycles. The van der Waals surface area contributed by atoms with Crippen LogP contribution in [-0.2, 0) is 9.59 Å². The van der Waals surface area contributed by atoms with Crippen molar-refractivity contribution in [3.8, 4) is 0 Å². The molecule has 3 aromatic carbocycles. The van der Waals surface area contributed by atoms with Gasteiger partial charge in [0, 0.05) is 35.6 Å². The summed E-state index contributed by atoms with van der Waals surface area (Å²) < 4.78 is 15.2. The zero-order valence-corrected chi connectivity index (χ0v) is 23.1. The first-order valence-electron chi connectivity index (χ1n) is 14.3. The van der Waals surface area contributed by atoms with Crippen molar-refractivity contribution in [3.63, 3.8) is 0 Å². The third kappa shape index (κ3) is 5.49. The summed E-state index contributed by atoms with van der Waals surface area (Å²) in [6, 6.07) is 19.1. The van der Waals surface area contributed by atoms with Crippen LogP contribution in [0, 0.1) is 17.7 Å². The first kappa shape index (κ1) is 27.6. The van der Waals surface area contributed by atoms with E-state index in [9.17, 15) is 14.4 Å². The summed E-state index contributed by atoms with van der Waals surface area (Å²) in [5.41, 5.74) is 8.04. The van der Waals surface area contributed by atoms with E-state index in [4.69, 9.17) is 5.73 Å². The predicted molar refractivity (Wildman–Crippen MR) is 160 cm³/mol. The number of nitrogens with one attached hydrogen (secondary N) is 2. The monoisotopic (exact) mass is 568 g/mol. The minimum atomic E-state index is -1.45. The summed E-state index contributed by atoms with van der Waals surface area (Å²) in [5.74, 6) is -0.213. The number of aliphatic imine (C=N–C) groups is 1. The number of hydrogen-bond acceptors (Lipinski definition) is 6. The number of hydrogen-bond donors (Lipinski definition) is 3. The molecule has 2 bridgehead atoms. The van der Waals surface area contributed by atoms with Gasteiger partial charge in [-0.05, 0) is 73.9 Å². The van der Waals surface area contributed by atoms with E-state index in [-0.39, 0.29) is 11.3 Å². The van der Waals surface area contributed by atoms with Crippen molar-refractivity contribution in [2.24, 2.45) is 16.8 Å². The maximum atomic E-state index is 15.2. The molecular weight excluding hydrogens is 535 g/mol. The second-order valence-electron chi connectivity index (χ2n) is 11.2. The first-order valence-corrected chi connectivity index (χ1v) is 14.3. The van der Waals surface area contributed by atoms with Crippen LogP contribution < -0.4 is 21.3 Å². The SMILES string of the molecule is Nc1cccc(NC(=O)N[C@@H]2N=C(c3ccccc3F)c3ccccc3N(C(C=O)N3CC4CCC(CC4)C3)C2=O)c1. The van der Waals surface area contributed by atoms with Crippen LogP contribution in [-0.4, -0.2) is 54.3 Å². The van der Waals surface area contributed by atoms with Crippen LogP contribution in [0.5, 0.6) is 0 Å². The second-order valence-corrected chi connectivity index (χ2v) is 11.2. The van der Waals surface area contributed by atoms with Gasteiger partial charge >= 0.3 is 6.03 Å². The number of halogens is 1. The Bertz CT molecular complexity index is 1520. The van der Waals surface area contributed by atoms with E-state index in [2.05, 4.69) is 20.5 Å². The second kappa shape index (κ2) is 11.7. The fraction of sp³-hybridized carbons (Fsp3) is 0.312. The maximum absolute atomic E-state index is 15.2. The Morgan fingerprint density at radius 2 is 1.62 bits per heavy atom. The summed E-state index contributed by atoms with van der Waals surface area (Å²) in [5, 5.41) is 5.34. The number of para-hydroxylation sites is 1. The third-order valence-corrected chi connectivity index (χ3v) is 8.40. The van der Waals surface area contributed by atoms with E-state index in [0.29, 0.717) is 47.6 Å². The molecule has 7 rings (SSSR count). The van der Waals surface area contributed by atoms with Crippen LogP contribution in [0.1, 0.15) is 36.8 Å². The lowest BCUT2D eigenvalue weighted by Gasteiger charge is -2.37. The number of rotatable bonds is 6. The van der Waals surface area contributed by atoms with Crippen LogP contribution >= 0.6 is 0 Å². The molecule has 3 amide bonds. The third-order valence-electron chi connectivity index (χ3n) is 8.40. The summed E-state index contributed by atoms with van der Waals surface area (Å²) in [7, 11) is 0. The molecule has 0 aromatic heterocycles. The van der Waals surface area contributed by atoms with Gasteiger partial charge in [0.25, 0.3) is 5.91 Å². The van der Waals surface area contributed by atoms with E-state index < -0.39 is 30.1 Å². The van der Waals surface area contributed by atoms with Crippen molar-refractivity contribution in [2.45, 2.75) is 38.0 Å². The predicted octanol–water partition coefficient (Wildman–Crippen LogP) is 4.39. The molecule has 3 aliphatic heterocycles. The Morgan fingerprint density at radius 3 is 2.29 bits per heavy atom. The van der Waals surface area contributed by atoms with Crippen LogP contribution in [0.3, 0.4) is 0 Å². The molecular formula is C32H33FN6O3. The Hall–Kier alpha value is -4.57. The maximum Gasteiger partial charge on any atom is 0.321 e. The number of nitrogen functional groups attached to an aromatic ring is 1. The molecule has 3 fully saturated rings. The van der Waals surface area contributed by atoms with E-state index >= 15 is 4.39 Å². The lowest BCUT2D eigenvalue weighted by Crippen LogP contribution is -2.58. The fourth-order valence-corrected chi connectivity index (χ4v) is 6.39. The van der Waals surface area contributed by atoms with Gasteiger partial charge in [0.1, 0.15) is 12.0 Å². The van der Waals surface area contributed by atoms with Gasteiger partial charge in [-0.3, -0.25) is 19.4 Å². The molecule has 1 unspecified atom stereocenters. The van der Waals surface area contributed by atoms with Gasteiger partial charge in [0.15, 0.2) is 6.29 Å². The lowest BCUT2D eigenvalue weighted by molar-refractivity contribution is -0.124. The highest BCUT2D eigenvalue weighted by Crippen LogP contribution is 2.37. The van der Waals surface area contributed by atoms with Gasteiger partial charge in [0.05, 0.1) is 11.4 Å². The number of fused-ring (bicyclic) bond motifs is 5. The normalized spacial score (nSPS) is 22.8. The number of anilines is 3. The van der Waals surface area contributed by atoms with Crippen molar-refractivity contribution < 1.29 is 18.8 Å². The highest BCUT2D eigenvalue weighted by atomic mass is 19.1. The summed E-state index contributed by atoms with van der Waals surface area (Å²) in [4.78, 5) is 48.6. The van der Waals surface area contributed by atoms with Gasteiger partial charge < -0.3 is 16.4 Å². The number of carbonyl (C=O) groups is 3. The Kier molecular flexibility index (Phi) is 7.71. The van der Waals surface area contributed by atoms with Crippen LogP contribution in [0.25, 0.3) is 0 Å². The van der Waals surface area contributed by atoms with Crippen LogP contribution in [0.2, 0.25) is 0 Å². The highest BCUT2D eigenvalue weighted by molar-refractivity contribution is 6.21. The van der Waals surface area contributed by atoms with Crippen molar-refractivity contribution in [2.75, 3.05) is 29.0 Å². The number of benzene rings is 3. The number of urea groups is 1. The fourth-order valence-electron chi connectivity index (χ4n) is 6.39. The number of amides is 3. The van der Waals surface area contributed by atoms with Gasteiger partial charge in [0.2, 0.25) is 6.17 Å². The molecule has 42 heavy (non-hydrogen) atoms. The average Bonchev–Trinajstić information content (AvgIpc) is 3.36. The van der Waals surface area contributed by atoms with Gasteiger partial charge in [-0.2, -0.15) is 0 Å². The van der Waals surface area contributed by atoms with Crippen molar-refractivity contribution in [3.05, 3.63) is 89.7 Å². The zero-order chi connectivity index (χ0) is 29.2. The summed E-state index contributed by atoms with van der Waals surface area (Å²) in [6.07, 6.45) is 2.84. The molecule has 1 aliphatic carbocycles. The van der Waals surface area contributed by atoms with Gasteiger partial charge in [-0.15, -0.1) is 0 Å². The van der Waals surface area contributed by atoms with Crippen LogP contribution in [0.15, 0.2) is 77.8 Å². The van der Waals surface area contributed by atoms with Crippen molar-refractivity contribution >= 4 is 41.0 Å². The average molecular weight is 569 g/mol. The van der Waals surface area contributed by atoms with E-state index in [0.717, 1.165) is 32.0 Å². The lowest BCUT2D eigenvalue weighted by atomic mass is 9.84. The number of nitrogens with two attached hydrogens (primary N) is 1. The number of benzodiazepines with no additional fused rings is 1. The standard InChI is InChI=1S/C32H33FN6O3/c33-26-10-3-1-8-24(26)29-25-9-2-4-11-27(25)39(28(19-40)38-17-20-12-13-21(18-38)15-14-20)31(41)30(36-29)37-32(42)35-23-7-5-6-22(34)16-23/h1-11,16,19-21,28,30H,12-15,17-18,34H2,(H2,35,37,42)/t20?,21?,28?,30-/m0/s1. The molecule has 216 valence electrons. The largest absolute Gasteiger partial charge is 0.399 e. The Labute approximate surface area is 243 Å². The molecule has 9 nitrogen and oxygen atoms in total. The highest BCUT2D eigenvalue weighted by Gasteiger charge is 2.42. The minimum Gasteiger partial charge on any atom is -0.399 e. The first-order chi connectivity index (χ1) is 20.4. The summed E-state index contributed by atoms with van der Waals surface area (Å²) in [6.45, 7) is 1.39. The van der Waals surface area contributed by atoms with E-state index in [1.165, 1.54) is 11.0 Å². The van der Waals surface area contributed by atoms with Gasteiger partial charge in [-0.25, -0.2) is 14.2 Å². The van der Waals surface area contributed by atoms with Crippen molar-refractivity contribution in [1.29, 1.82) is 0 Å². The van der Waals surface area contributed by atoms with Gasteiger partial charge in [-0.1, -0.05) is 36.4 Å². The summed E-state index contributed by atoms with van der Waals surface area (Å²) >= 11 is 0. The van der Waals surface area contributed by atoms with E-state index in [1.54, 1.807) is 66.7 Å². The molecule has 1 saturated carbocycles. The van der Waals surface area contributed by atoms with Crippen molar-refractivity contribution in [1.82, 2.24) is 10.2 Å². The molecule has 3 aromatic rings. The number of nitrogens with zero attached hydrogens (tertiary/aromatic N) is 3. The number of aldehydes is 1. The Morgan fingerprint density at radius 1 is 0.952 bits per heavy atom.